The van der Waals surface area contributed by atoms with Gasteiger partial charge in [0.2, 0.25) is 11.2 Å². The van der Waals surface area contributed by atoms with Gasteiger partial charge in [-0.25, -0.2) is 0 Å². The molecule has 7 nitrogen and oxygen atoms in total. The van der Waals surface area contributed by atoms with Gasteiger partial charge in [-0.15, -0.1) is 0 Å². The van der Waals surface area contributed by atoms with Crippen LogP contribution < -0.4 is 19.6 Å². The van der Waals surface area contributed by atoms with Crippen LogP contribution in [0.2, 0.25) is 0 Å². The summed E-state index contributed by atoms with van der Waals surface area (Å²) in [6.45, 7) is 0. The zero-order valence-electron chi connectivity index (χ0n) is 12.7. The fourth-order valence-corrected chi connectivity index (χ4v) is 2.59. The first kappa shape index (κ1) is 14.8. The van der Waals surface area contributed by atoms with Crippen molar-refractivity contribution in [2.45, 2.75) is 0 Å². The van der Waals surface area contributed by atoms with Crippen molar-refractivity contribution < 1.29 is 28.8 Å². The van der Waals surface area contributed by atoms with E-state index in [-0.39, 0.29) is 50.7 Å². The van der Waals surface area contributed by atoms with Crippen molar-refractivity contribution in [3.8, 4) is 28.7 Å². The lowest BCUT2D eigenvalue weighted by Gasteiger charge is -2.13. The molecule has 1 heterocycles. The van der Waals surface area contributed by atoms with Crippen LogP contribution in [0.25, 0.3) is 21.9 Å². The molecule has 2 N–H and O–H groups in total. The summed E-state index contributed by atoms with van der Waals surface area (Å²) >= 11 is 0. The van der Waals surface area contributed by atoms with Crippen LogP contribution in [0.3, 0.4) is 0 Å². The minimum absolute atomic E-state index is 0.00671. The molecule has 3 aromatic rings. The monoisotopic (exact) mass is 318 g/mol. The van der Waals surface area contributed by atoms with Gasteiger partial charge >= 0.3 is 0 Å². The molecule has 0 saturated heterocycles. The highest BCUT2D eigenvalue weighted by Crippen LogP contribution is 2.43. The lowest BCUT2D eigenvalue weighted by atomic mass is 10.1. The molecule has 0 bridgehead atoms. The topological polar surface area (TPSA) is 98.4 Å². The molecule has 0 aliphatic rings. The molecule has 23 heavy (non-hydrogen) atoms. The summed E-state index contributed by atoms with van der Waals surface area (Å²) in [6, 6.07) is 4.08. The summed E-state index contributed by atoms with van der Waals surface area (Å²) in [7, 11) is 4.03. The van der Waals surface area contributed by atoms with Gasteiger partial charge < -0.3 is 28.8 Å². The smallest absolute Gasteiger partial charge is 0.208 e. The zero-order valence-corrected chi connectivity index (χ0v) is 12.7. The number of benzene rings is 2. The largest absolute Gasteiger partial charge is 0.504 e. The molecule has 0 aliphatic heterocycles. The van der Waals surface area contributed by atoms with Crippen molar-refractivity contribution in [3.05, 3.63) is 28.4 Å². The molecule has 0 unspecified atom stereocenters. The normalized spacial score (nSPS) is 10.9. The second-order valence-electron chi connectivity index (χ2n) is 4.76. The summed E-state index contributed by atoms with van der Waals surface area (Å²) in [4.78, 5) is 12.9. The molecular formula is C16H14O7. The maximum absolute atomic E-state index is 12.9. The van der Waals surface area contributed by atoms with Crippen molar-refractivity contribution in [2.75, 3.05) is 21.3 Å². The Labute approximate surface area is 130 Å². The maximum Gasteiger partial charge on any atom is 0.208 e. The number of hydrogen-bond donors (Lipinski definition) is 2. The van der Waals surface area contributed by atoms with E-state index < -0.39 is 5.43 Å². The number of hydrogen-bond acceptors (Lipinski definition) is 7. The molecule has 7 heteroatoms. The van der Waals surface area contributed by atoms with E-state index >= 15 is 0 Å². The van der Waals surface area contributed by atoms with Crippen LogP contribution in [0.1, 0.15) is 0 Å². The lowest BCUT2D eigenvalue weighted by Crippen LogP contribution is -2.07. The van der Waals surface area contributed by atoms with Crippen molar-refractivity contribution in [1.82, 2.24) is 0 Å². The van der Waals surface area contributed by atoms with Crippen LogP contribution in [0.5, 0.6) is 28.7 Å². The first-order valence-corrected chi connectivity index (χ1v) is 6.63. The Bertz CT molecular complexity index is 972. The van der Waals surface area contributed by atoms with Crippen LogP contribution in [0.4, 0.5) is 0 Å². The van der Waals surface area contributed by atoms with Gasteiger partial charge in [-0.1, -0.05) is 0 Å². The number of methoxy groups -OCH3 is 3. The fourth-order valence-electron chi connectivity index (χ4n) is 2.59. The maximum atomic E-state index is 12.9. The Morgan fingerprint density at radius 1 is 0.826 bits per heavy atom. The van der Waals surface area contributed by atoms with E-state index in [1.165, 1.54) is 39.5 Å². The van der Waals surface area contributed by atoms with E-state index in [1.54, 1.807) is 0 Å². The third-order valence-corrected chi connectivity index (χ3v) is 3.57. The first-order chi connectivity index (χ1) is 11.0. The van der Waals surface area contributed by atoms with Gasteiger partial charge in [-0.05, 0) is 12.1 Å². The SMILES string of the molecule is COc1c(O)cc2oc3ccc(O)c(OC)c3c(=O)c2c1OC. The van der Waals surface area contributed by atoms with E-state index in [2.05, 4.69) is 0 Å². The van der Waals surface area contributed by atoms with Gasteiger partial charge in [-0.2, -0.15) is 0 Å². The third kappa shape index (κ3) is 2.01. The van der Waals surface area contributed by atoms with Crippen molar-refractivity contribution >= 4 is 21.9 Å². The highest BCUT2D eigenvalue weighted by atomic mass is 16.5. The van der Waals surface area contributed by atoms with Crippen LogP contribution in [-0.4, -0.2) is 31.5 Å². The van der Waals surface area contributed by atoms with Crippen molar-refractivity contribution in [3.63, 3.8) is 0 Å². The molecule has 0 fully saturated rings. The number of phenols is 2. The first-order valence-electron chi connectivity index (χ1n) is 6.63. The Hall–Kier alpha value is -3.09. The predicted octanol–water partition coefficient (Wildman–Crippen LogP) is 2.38. The van der Waals surface area contributed by atoms with Gasteiger partial charge in [0.15, 0.2) is 23.0 Å². The fraction of sp³-hybridized carbons (Fsp3) is 0.188. The van der Waals surface area contributed by atoms with E-state index in [0.29, 0.717) is 0 Å². The van der Waals surface area contributed by atoms with Crippen LogP contribution in [-0.2, 0) is 0 Å². The average molecular weight is 318 g/mol. The van der Waals surface area contributed by atoms with E-state index in [1.807, 2.05) is 0 Å². The number of aromatic hydroxyl groups is 2. The summed E-state index contributed by atoms with van der Waals surface area (Å²) < 4.78 is 21.1. The Morgan fingerprint density at radius 2 is 1.43 bits per heavy atom. The second kappa shape index (κ2) is 5.28. The molecular weight excluding hydrogens is 304 g/mol. The van der Waals surface area contributed by atoms with Crippen molar-refractivity contribution in [1.29, 1.82) is 0 Å². The lowest BCUT2D eigenvalue weighted by molar-refractivity contribution is 0.335. The molecule has 3 rings (SSSR count). The molecule has 1 aromatic heterocycles. The van der Waals surface area contributed by atoms with Gasteiger partial charge in [0.25, 0.3) is 0 Å². The molecule has 120 valence electrons. The van der Waals surface area contributed by atoms with E-state index in [0.717, 1.165) is 0 Å². The van der Waals surface area contributed by atoms with E-state index in [9.17, 15) is 15.0 Å². The third-order valence-electron chi connectivity index (χ3n) is 3.57. The number of fused-ring (bicyclic) bond motifs is 2. The Kier molecular flexibility index (Phi) is 3.40. The standard InChI is InChI=1S/C16H14O7/c1-20-14-7(17)4-5-9-11(14)13(19)12-10(23-9)6-8(18)15(21-2)16(12)22-3/h4-6,17-18H,1-3H3. The number of phenolic OH excluding ortho intramolecular Hbond substituents is 2. The molecule has 0 aliphatic carbocycles. The van der Waals surface area contributed by atoms with Gasteiger partial charge in [0, 0.05) is 6.07 Å². The zero-order chi connectivity index (χ0) is 16.7. The summed E-state index contributed by atoms with van der Waals surface area (Å²) in [6.07, 6.45) is 0. The minimum Gasteiger partial charge on any atom is -0.504 e. The molecule has 2 aromatic carbocycles. The van der Waals surface area contributed by atoms with Crippen LogP contribution >= 0.6 is 0 Å². The quantitative estimate of drug-likeness (QED) is 0.715. The van der Waals surface area contributed by atoms with Gasteiger partial charge in [0.1, 0.15) is 21.9 Å². The molecule has 0 saturated carbocycles. The highest BCUT2D eigenvalue weighted by Gasteiger charge is 2.23. The number of ether oxygens (including phenoxy) is 3. The van der Waals surface area contributed by atoms with Crippen LogP contribution in [0.15, 0.2) is 27.4 Å². The summed E-state index contributed by atoms with van der Waals surface area (Å²) in [5, 5.41) is 20.0. The Morgan fingerprint density at radius 3 is 2.04 bits per heavy atom. The van der Waals surface area contributed by atoms with Gasteiger partial charge in [0.05, 0.1) is 21.3 Å². The molecule has 0 atom stereocenters. The average Bonchev–Trinajstić information content (AvgIpc) is 2.54. The minimum atomic E-state index is -0.468. The summed E-state index contributed by atoms with van der Waals surface area (Å²) in [5.74, 6) is -0.331. The summed E-state index contributed by atoms with van der Waals surface area (Å²) in [5.41, 5.74) is -0.127. The van der Waals surface area contributed by atoms with Crippen LogP contribution in [0, 0.1) is 0 Å². The van der Waals surface area contributed by atoms with Crippen molar-refractivity contribution in [2.24, 2.45) is 0 Å². The Balaban J connectivity index is 2.61. The highest BCUT2D eigenvalue weighted by molar-refractivity contribution is 5.99. The molecule has 0 radical (unpaired) electrons. The molecule has 0 amide bonds. The molecule has 0 spiro atoms. The second-order valence-corrected chi connectivity index (χ2v) is 4.76. The predicted molar refractivity (Wildman–Crippen MR) is 83.0 cm³/mol. The van der Waals surface area contributed by atoms with Gasteiger partial charge in [-0.3, -0.25) is 4.79 Å². The number of rotatable bonds is 3. The van der Waals surface area contributed by atoms with E-state index in [4.69, 9.17) is 18.6 Å².